The van der Waals surface area contributed by atoms with Gasteiger partial charge in [0.25, 0.3) is 0 Å². The van der Waals surface area contributed by atoms with Crippen LogP contribution in [0.3, 0.4) is 0 Å². The van der Waals surface area contributed by atoms with E-state index in [1.165, 1.54) is 0 Å². The summed E-state index contributed by atoms with van der Waals surface area (Å²) in [6.45, 7) is 3.54. The first-order valence-electron chi connectivity index (χ1n) is 7.44. The number of ether oxygens (including phenoxy) is 1. The summed E-state index contributed by atoms with van der Waals surface area (Å²) < 4.78 is 4.67. The van der Waals surface area contributed by atoms with Gasteiger partial charge in [-0.1, -0.05) is 19.4 Å². The van der Waals surface area contributed by atoms with Crippen LogP contribution in [0.25, 0.3) is 0 Å². The fourth-order valence-electron chi connectivity index (χ4n) is 3.03. The van der Waals surface area contributed by atoms with Crippen molar-refractivity contribution in [1.29, 1.82) is 0 Å². The second-order valence-electron chi connectivity index (χ2n) is 5.64. The molecule has 2 N–H and O–H groups in total. The average molecular weight is 308 g/mol. The van der Waals surface area contributed by atoms with Crippen LogP contribution < -0.4 is 0 Å². The molecule has 22 heavy (non-hydrogen) atoms. The summed E-state index contributed by atoms with van der Waals surface area (Å²) in [6.07, 6.45) is -0.0470. The molecule has 0 aromatic heterocycles. The number of esters is 2. The predicted octanol–water partition coefficient (Wildman–Crippen LogP) is 0.814. The van der Waals surface area contributed by atoms with E-state index in [2.05, 4.69) is 4.74 Å². The zero-order chi connectivity index (χ0) is 16.4. The molecule has 2 aliphatic rings. The number of rotatable bonds is 2. The monoisotopic (exact) mass is 308 g/mol. The molecule has 0 spiro atoms. The minimum Gasteiger partial charge on any atom is -0.388 e. The number of allylic oxidation sites excluding steroid dienone is 1. The highest BCUT2D eigenvalue weighted by Crippen LogP contribution is 2.36. The van der Waals surface area contributed by atoms with E-state index in [0.717, 1.165) is 0 Å². The number of carbonyl (C=O) groups is 3. The van der Waals surface area contributed by atoms with Crippen LogP contribution >= 0.6 is 0 Å². The SMILES string of the molecule is CC=C1CC2=C(C(=O)OC2=O)[C@@H](CCC)[C@@H](O)C(=O)C[C@H]1O. The van der Waals surface area contributed by atoms with Gasteiger partial charge in [0.15, 0.2) is 5.78 Å². The first-order chi connectivity index (χ1) is 10.4. The van der Waals surface area contributed by atoms with Crippen LogP contribution in [0.4, 0.5) is 0 Å². The predicted molar refractivity (Wildman–Crippen MR) is 76.5 cm³/mol. The van der Waals surface area contributed by atoms with Crippen LogP contribution in [0, 0.1) is 5.92 Å². The highest BCUT2D eigenvalue weighted by molar-refractivity contribution is 6.13. The quantitative estimate of drug-likeness (QED) is 0.445. The van der Waals surface area contributed by atoms with E-state index in [0.29, 0.717) is 18.4 Å². The fourth-order valence-corrected chi connectivity index (χ4v) is 3.03. The van der Waals surface area contributed by atoms with Crippen molar-refractivity contribution in [3.8, 4) is 0 Å². The first-order valence-corrected chi connectivity index (χ1v) is 7.44. The largest absolute Gasteiger partial charge is 0.388 e. The van der Waals surface area contributed by atoms with E-state index in [-0.39, 0.29) is 24.0 Å². The molecule has 0 saturated carbocycles. The third-order valence-electron chi connectivity index (χ3n) is 4.23. The first kappa shape index (κ1) is 16.6. The lowest BCUT2D eigenvalue weighted by molar-refractivity contribution is -0.151. The Kier molecular flexibility index (Phi) is 4.93. The zero-order valence-electron chi connectivity index (χ0n) is 12.7. The molecule has 6 heteroatoms. The summed E-state index contributed by atoms with van der Waals surface area (Å²) in [6, 6.07) is 0. The van der Waals surface area contributed by atoms with Gasteiger partial charge in [0.1, 0.15) is 6.10 Å². The molecule has 3 atom stereocenters. The molecule has 1 heterocycles. The van der Waals surface area contributed by atoms with Gasteiger partial charge in [-0.2, -0.15) is 0 Å². The lowest BCUT2D eigenvalue weighted by Gasteiger charge is -2.21. The van der Waals surface area contributed by atoms with E-state index in [9.17, 15) is 24.6 Å². The van der Waals surface area contributed by atoms with Gasteiger partial charge in [-0.05, 0) is 18.9 Å². The Bertz CT molecular complexity index is 571. The van der Waals surface area contributed by atoms with Crippen LogP contribution in [-0.2, 0) is 19.1 Å². The van der Waals surface area contributed by atoms with Crippen molar-refractivity contribution in [2.75, 3.05) is 0 Å². The number of ketones is 1. The van der Waals surface area contributed by atoms with Crippen LogP contribution in [0.5, 0.6) is 0 Å². The summed E-state index contributed by atoms with van der Waals surface area (Å²) in [7, 11) is 0. The van der Waals surface area contributed by atoms with Crippen molar-refractivity contribution in [2.45, 2.75) is 51.7 Å². The van der Waals surface area contributed by atoms with Gasteiger partial charge in [0.2, 0.25) is 0 Å². The van der Waals surface area contributed by atoms with Crippen LogP contribution in [-0.4, -0.2) is 40.1 Å². The summed E-state index contributed by atoms with van der Waals surface area (Å²) >= 11 is 0. The van der Waals surface area contributed by atoms with Crippen molar-refractivity contribution in [1.82, 2.24) is 0 Å². The molecule has 120 valence electrons. The summed E-state index contributed by atoms with van der Waals surface area (Å²) in [5.41, 5.74) is 0.697. The van der Waals surface area contributed by atoms with E-state index >= 15 is 0 Å². The number of carbonyl (C=O) groups excluding carboxylic acids is 3. The van der Waals surface area contributed by atoms with Crippen molar-refractivity contribution in [3.05, 3.63) is 22.8 Å². The van der Waals surface area contributed by atoms with Crippen molar-refractivity contribution >= 4 is 17.7 Å². The lowest BCUT2D eigenvalue weighted by atomic mass is 9.84. The molecule has 0 aromatic carbocycles. The smallest absolute Gasteiger partial charge is 0.342 e. The van der Waals surface area contributed by atoms with Crippen molar-refractivity contribution in [3.63, 3.8) is 0 Å². The second kappa shape index (κ2) is 6.54. The third kappa shape index (κ3) is 2.89. The molecule has 1 aliphatic carbocycles. The van der Waals surface area contributed by atoms with Gasteiger partial charge in [-0.25, -0.2) is 9.59 Å². The molecule has 0 fully saturated rings. The lowest BCUT2D eigenvalue weighted by Crippen LogP contribution is -2.34. The minimum atomic E-state index is -1.42. The number of hydrogen-bond acceptors (Lipinski definition) is 6. The summed E-state index contributed by atoms with van der Waals surface area (Å²) in [5, 5.41) is 20.4. The van der Waals surface area contributed by atoms with E-state index in [1.54, 1.807) is 13.0 Å². The Balaban J connectivity index is 2.58. The molecule has 6 nitrogen and oxygen atoms in total. The molecular weight excluding hydrogens is 288 g/mol. The summed E-state index contributed by atoms with van der Waals surface area (Å²) in [5.74, 6) is -2.85. The maximum atomic E-state index is 12.2. The number of aliphatic hydroxyl groups excluding tert-OH is 2. The van der Waals surface area contributed by atoms with Gasteiger partial charge < -0.3 is 14.9 Å². The fraction of sp³-hybridized carbons (Fsp3) is 0.562. The Morgan fingerprint density at radius 2 is 1.91 bits per heavy atom. The Morgan fingerprint density at radius 1 is 1.23 bits per heavy atom. The topological polar surface area (TPSA) is 101 Å². The summed E-state index contributed by atoms with van der Waals surface area (Å²) in [4.78, 5) is 36.1. The number of hydrogen-bond donors (Lipinski definition) is 2. The second-order valence-corrected chi connectivity index (χ2v) is 5.64. The standard InChI is InChI=1S/C16H20O6/c1-3-5-9-13-10(15(20)22-16(13)21)6-8(4-2)11(17)7-12(18)14(9)19/h4,9,11,14,17,19H,3,5-7H2,1-2H3/t9-,11-,14-/m1/s1. The van der Waals surface area contributed by atoms with Crippen molar-refractivity contribution < 1.29 is 29.3 Å². The van der Waals surface area contributed by atoms with E-state index in [4.69, 9.17) is 0 Å². The molecule has 0 unspecified atom stereocenters. The van der Waals surface area contributed by atoms with Gasteiger partial charge in [0.05, 0.1) is 17.3 Å². The zero-order valence-corrected chi connectivity index (χ0v) is 12.7. The van der Waals surface area contributed by atoms with Crippen LogP contribution in [0.2, 0.25) is 0 Å². The molecule has 2 rings (SSSR count). The van der Waals surface area contributed by atoms with E-state index in [1.807, 2.05) is 6.92 Å². The third-order valence-corrected chi connectivity index (χ3v) is 4.23. The van der Waals surface area contributed by atoms with Gasteiger partial charge in [0, 0.05) is 18.8 Å². The molecule has 0 aromatic rings. The average Bonchev–Trinajstić information content (AvgIpc) is 2.75. The maximum Gasteiger partial charge on any atom is 0.342 e. The minimum absolute atomic E-state index is 0.0534. The van der Waals surface area contributed by atoms with Crippen molar-refractivity contribution in [2.24, 2.45) is 5.92 Å². The number of aliphatic hydroxyl groups is 2. The molecule has 0 amide bonds. The van der Waals surface area contributed by atoms with Crippen LogP contribution in [0.15, 0.2) is 22.8 Å². The highest BCUT2D eigenvalue weighted by atomic mass is 16.6. The van der Waals surface area contributed by atoms with Gasteiger partial charge >= 0.3 is 11.9 Å². The normalized spacial score (nSPS) is 31.7. The van der Waals surface area contributed by atoms with Gasteiger partial charge in [-0.15, -0.1) is 0 Å². The molecule has 0 radical (unpaired) electrons. The van der Waals surface area contributed by atoms with Gasteiger partial charge in [-0.3, -0.25) is 4.79 Å². The Morgan fingerprint density at radius 3 is 2.50 bits per heavy atom. The number of cyclic esters (lactones) is 2. The molecular formula is C16H20O6. The number of Topliss-reactive ketones (excluding diaryl/α,β-unsaturated/α-hetero) is 1. The molecule has 1 aliphatic heterocycles. The molecule has 0 saturated heterocycles. The Labute approximate surface area is 128 Å². The van der Waals surface area contributed by atoms with E-state index < -0.39 is 35.8 Å². The van der Waals surface area contributed by atoms with Crippen LogP contribution in [0.1, 0.15) is 39.5 Å². The molecule has 0 bridgehead atoms. The maximum absolute atomic E-state index is 12.2. The highest BCUT2D eigenvalue weighted by Gasteiger charge is 2.43. The Hall–Kier alpha value is -1.79.